The van der Waals surface area contributed by atoms with Crippen molar-refractivity contribution in [1.29, 1.82) is 0 Å². The van der Waals surface area contributed by atoms with E-state index in [1.54, 1.807) is 13.0 Å². The zero-order valence-corrected chi connectivity index (χ0v) is 11.8. The van der Waals surface area contributed by atoms with Crippen LogP contribution in [0.3, 0.4) is 0 Å². The summed E-state index contributed by atoms with van der Waals surface area (Å²) in [5, 5.41) is 9.13. The van der Waals surface area contributed by atoms with Gasteiger partial charge in [-0.05, 0) is 31.9 Å². The minimum absolute atomic E-state index is 0.0188. The molecule has 1 aliphatic heterocycles. The van der Waals surface area contributed by atoms with E-state index in [0.717, 1.165) is 0 Å². The van der Waals surface area contributed by atoms with Crippen molar-refractivity contribution in [2.24, 2.45) is 5.92 Å². The van der Waals surface area contributed by atoms with Gasteiger partial charge >= 0.3 is 5.97 Å². The average Bonchev–Trinajstić information content (AvgIpc) is 2.46. The van der Waals surface area contributed by atoms with Crippen LogP contribution in [-0.4, -0.2) is 41.1 Å². The van der Waals surface area contributed by atoms with Crippen LogP contribution < -0.4 is 4.74 Å². The molecule has 2 rings (SSSR count). The Morgan fingerprint density at radius 1 is 1.43 bits per heavy atom. The van der Waals surface area contributed by atoms with E-state index in [-0.39, 0.29) is 24.3 Å². The number of hydrogen-bond acceptors (Lipinski definition) is 3. The zero-order chi connectivity index (χ0) is 15.4. The molecule has 0 saturated carbocycles. The fourth-order valence-corrected chi connectivity index (χ4v) is 2.61. The molecule has 0 spiro atoms. The third kappa shape index (κ3) is 3.51. The molecule has 1 N–H and O–H groups in total. The van der Waals surface area contributed by atoms with Gasteiger partial charge in [0, 0.05) is 12.6 Å². The van der Waals surface area contributed by atoms with Gasteiger partial charge in [0.2, 0.25) is 0 Å². The summed E-state index contributed by atoms with van der Waals surface area (Å²) in [6.07, 6.45) is 1.21. The second kappa shape index (κ2) is 6.56. The number of nitrogens with zero attached hydrogens (tertiary/aromatic N) is 1. The van der Waals surface area contributed by atoms with Crippen molar-refractivity contribution in [3.05, 3.63) is 30.1 Å². The number of likely N-dealkylation sites (tertiary alicyclic amines) is 1. The lowest BCUT2D eigenvalue weighted by Crippen LogP contribution is -2.50. The standard InChI is InChI=1S/C15H18FNO4/c1-10-11(15(19)20)5-4-8-17(10)14(18)9-21-13-7-3-2-6-12(13)16/h2-3,6-7,10-11H,4-5,8-9H2,1H3,(H,19,20)/t10-,11-/m1/s1. The Labute approximate surface area is 122 Å². The normalized spacial score (nSPS) is 21.9. The predicted octanol–water partition coefficient (Wildman–Crippen LogP) is 1.92. The molecule has 0 aromatic heterocycles. The van der Waals surface area contributed by atoms with Crippen LogP contribution in [0.15, 0.2) is 24.3 Å². The van der Waals surface area contributed by atoms with Crippen molar-refractivity contribution in [1.82, 2.24) is 4.90 Å². The van der Waals surface area contributed by atoms with Gasteiger partial charge in [0.1, 0.15) is 0 Å². The molecule has 1 aromatic rings. The van der Waals surface area contributed by atoms with Crippen LogP contribution in [-0.2, 0) is 9.59 Å². The summed E-state index contributed by atoms with van der Waals surface area (Å²) in [7, 11) is 0. The number of piperidine rings is 1. The van der Waals surface area contributed by atoms with Gasteiger partial charge in [-0.2, -0.15) is 0 Å². The van der Waals surface area contributed by atoms with Crippen LogP contribution in [0.4, 0.5) is 4.39 Å². The van der Waals surface area contributed by atoms with E-state index < -0.39 is 17.7 Å². The van der Waals surface area contributed by atoms with Gasteiger partial charge in [-0.3, -0.25) is 9.59 Å². The van der Waals surface area contributed by atoms with Crippen LogP contribution in [0.25, 0.3) is 0 Å². The van der Waals surface area contributed by atoms with E-state index in [0.29, 0.717) is 19.4 Å². The number of carbonyl (C=O) groups is 2. The molecule has 0 bridgehead atoms. The van der Waals surface area contributed by atoms with E-state index >= 15 is 0 Å². The molecule has 0 radical (unpaired) electrons. The van der Waals surface area contributed by atoms with Crippen LogP contribution in [0.2, 0.25) is 0 Å². The zero-order valence-electron chi connectivity index (χ0n) is 11.8. The second-order valence-electron chi connectivity index (χ2n) is 5.13. The fourth-order valence-electron chi connectivity index (χ4n) is 2.61. The molecule has 0 aliphatic carbocycles. The summed E-state index contributed by atoms with van der Waals surface area (Å²) in [4.78, 5) is 24.8. The first kappa shape index (κ1) is 15.3. The average molecular weight is 295 g/mol. The van der Waals surface area contributed by atoms with E-state index in [9.17, 15) is 14.0 Å². The number of amides is 1. The van der Waals surface area contributed by atoms with Gasteiger partial charge in [-0.25, -0.2) is 4.39 Å². The Morgan fingerprint density at radius 2 is 2.14 bits per heavy atom. The first-order chi connectivity index (χ1) is 10.0. The number of rotatable bonds is 4. The van der Waals surface area contributed by atoms with E-state index in [1.165, 1.54) is 23.1 Å². The first-order valence-electron chi connectivity index (χ1n) is 6.90. The molecule has 1 fully saturated rings. The topological polar surface area (TPSA) is 66.8 Å². The third-order valence-electron chi connectivity index (χ3n) is 3.81. The molecular weight excluding hydrogens is 277 g/mol. The van der Waals surface area contributed by atoms with Gasteiger partial charge in [-0.15, -0.1) is 0 Å². The molecule has 1 heterocycles. The molecule has 1 amide bonds. The first-order valence-corrected chi connectivity index (χ1v) is 6.90. The quantitative estimate of drug-likeness (QED) is 0.921. The van der Waals surface area contributed by atoms with Crippen molar-refractivity contribution < 1.29 is 23.8 Å². The molecule has 0 unspecified atom stereocenters. The van der Waals surface area contributed by atoms with Gasteiger partial charge in [0.25, 0.3) is 5.91 Å². The molecule has 21 heavy (non-hydrogen) atoms. The number of carboxylic acids is 1. The molecule has 5 nitrogen and oxygen atoms in total. The second-order valence-corrected chi connectivity index (χ2v) is 5.13. The molecule has 1 aliphatic rings. The summed E-state index contributed by atoms with van der Waals surface area (Å²) < 4.78 is 18.6. The largest absolute Gasteiger partial charge is 0.481 e. The highest BCUT2D eigenvalue weighted by Crippen LogP contribution is 2.24. The van der Waals surface area contributed by atoms with Crippen molar-refractivity contribution in [2.45, 2.75) is 25.8 Å². The fraction of sp³-hybridized carbons (Fsp3) is 0.467. The minimum Gasteiger partial charge on any atom is -0.481 e. The maximum absolute atomic E-state index is 13.4. The lowest BCUT2D eigenvalue weighted by atomic mass is 9.90. The Morgan fingerprint density at radius 3 is 2.81 bits per heavy atom. The highest BCUT2D eigenvalue weighted by atomic mass is 19.1. The third-order valence-corrected chi connectivity index (χ3v) is 3.81. The lowest BCUT2D eigenvalue weighted by molar-refractivity contribution is -0.149. The summed E-state index contributed by atoms with van der Waals surface area (Å²) in [6, 6.07) is 5.47. The Kier molecular flexibility index (Phi) is 4.77. The number of benzene rings is 1. The van der Waals surface area contributed by atoms with E-state index in [2.05, 4.69) is 0 Å². The number of ether oxygens (including phenoxy) is 1. The Hall–Kier alpha value is -2.11. The van der Waals surface area contributed by atoms with Crippen molar-refractivity contribution in [3.8, 4) is 5.75 Å². The summed E-state index contributed by atoms with van der Waals surface area (Å²) >= 11 is 0. The molecule has 114 valence electrons. The minimum atomic E-state index is -0.893. The maximum Gasteiger partial charge on any atom is 0.308 e. The summed E-state index contributed by atoms with van der Waals surface area (Å²) in [6.45, 7) is 1.93. The van der Waals surface area contributed by atoms with Crippen LogP contribution >= 0.6 is 0 Å². The highest BCUT2D eigenvalue weighted by Gasteiger charge is 2.35. The number of halogens is 1. The maximum atomic E-state index is 13.4. The lowest BCUT2D eigenvalue weighted by Gasteiger charge is -2.37. The smallest absolute Gasteiger partial charge is 0.308 e. The number of hydrogen-bond donors (Lipinski definition) is 1. The van der Waals surface area contributed by atoms with Gasteiger partial charge in [0.15, 0.2) is 18.2 Å². The Bertz CT molecular complexity index is 534. The van der Waals surface area contributed by atoms with Gasteiger partial charge in [0.05, 0.1) is 5.92 Å². The molecule has 2 atom stereocenters. The summed E-state index contributed by atoms with van der Waals surface area (Å²) in [5.41, 5.74) is 0. The molecule has 1 saturated heterocycles. The highest BCUT2D eigenvalue weighted by molar-refractivity contribution is 5.80. The van der Waals surface area contributed by atoms with Crippen LogP contribution in [0, 0.1) is 11.7 Å². The predicted molar refractivity (Wildman–Crippen MR) is 73.4 cm³/mol. The molecule has 1 aromatic carbocycles. The monoisotopic (exact) mass is 295 g/mol. The molecular formula is C15H18FNO4. The number of aliphatic carboxylic acids is 1. The van der Waals surface area contributed by atoms with Crippen LogP contribution in [0.5, 0.6) is 5.75 Å². The van der Waals surface area contributed by atoms with Gasteiger partial charge in [-0.1, -0.05) is 12.1 Å². The number of carboxylic acid groups (broad SMARTS) is 1. The van der Waals surface area contributed by atoms with E-state index in [1.807, 2.05) is 0 Å². The van der Waals surface area contributed by atoms with Crippen LogP contribution in [0.1, 0.15) is 19.8 Å². The number of para-hydroxylation sites is 1. The summed E-state index contributed by atoms with van der Waals surface area (Å²) in [5.74, 6) is -2.28. The Balaban J connectivity index is 1.97. The number of carbonyl (C=O) groups excluding carboxylic acids is 1. The van der Waals surface area contributed by atoms with Gasteiger partial charge < -0.3 is 14.7 Å². The van der Waals surface area contributed by atoms with E-state index in [4.69, 9.17) is 9.84 Å². The molecule has 6 heteroatoms. The van der Waals surface area contributed by atoms with Crippen molar-refractivity contribution in [2.75, 3.05) is 13.2 Å². The van der Waals surface area contributed by atoms with Crippen molar-refractivity contribution in [3.63, 3.8) is 0 Å². The van der Waals surface area contributed by atoms with Crippen molar-refractivity contribution >= 4 is 11.9 Å². The SMILES string of the molecule is C[C@@H]1[C@H](C(=O)O)CCCN1C(=O)COc1ccccc1F.